The molecule has 2 fully saturated rings. The molecule has 1 aromatic rings. The first kappa shape index (κ1) is 14.8. The van der Waals surface area contributed by atoms with Gasteiger partial charge in [-0.25, -0.2) is 0 Å². The summed E-state index contributed by atoms with van der Waals surface area (Å²) in [6, 6.07) is 6.54. The van der Waals surface area contributed by atoms with Crippen LogP contribution in [0.4, 0.5) is 0 Å². The number of phenolic OH excluding ortho intramolecular Hbond substituents is 1. The van der Waals surface area contributed by atoms with E-state index in [1.54, 1.807) is 23.1 Å². The third kappa shape index (κ3) is 2.92. The van der Waals surface area contributed by atoms with Gasteiger partial charge < -0.3 is 19.6 Å². The molecule has 2 heterocycles. The zero-order valence-electron chi connectivity index (χ0n) is 12.4. The van der Waals surface area contributed by atoms with Crippen LogP contribution >= 0.6 is 0 Å². The van der Waals surface area contributed by atoms with Crippen molar-refractivity contribution in [1.29, 1.82) is 0 Å². The summed E-state index contributed by atoms with van der Waals surface area (Å²) in [7, 11) is 0. The molecule has 2 aliphatic heterocycles. The SMILES string of the molecule is O=C(c1ccccc1O)N1CCN(C(=O)C2CCOC2)CC1. The fourth-order valence-electron chi connectivity index (χ4n) is 2.94. The summed E-state index contributed by atoms with van der Waals surface area (Å²) in [6.07, 6.45) is 0.788. The average molecular weight is 304 g/mol. The number of hydrogen-bond acceptors (Lipinski definition) is 4. The molecule has 118 valence electrons. The van der Waals surface area contributed by atoms with E-state index in [2.05, 4.69) is 0 Å². The summed E-state index contributed by atoms with van der Waals surface area (Å²) in [5.74, 6) is -0.0870. The zero-order chi connectivity index (χ0) is 15.5. The second-order valence-electron chi connectivity index (χ2n) is 5.70. The molecular formula is C16H20N2O4. The number of benzene rings is 1. The summed E-state index contributed by atoms with van der Waals surface area (Å²) in [5, 5.41) is 9.77. The molecule has 0 bridgehead atoms. The van der Waals surface area contributed by atoms with Gasteiger partial charge in [-0.3, -0.25) is 9.59 Å². The quantitative estimate of drug-likeness (QED) is 0.874. The topological polar surface area (TPSA) is 70.1 Å². The van der Waals surface area contributed by atoms with Crippen LogP contribution in [0, 0.1) is 5.92 Å². The molecule has 22 heavy (non-hydrogen) atoms. The Morgan fingerprint density at radius 2 is 1.77 bits per heavy atom. The van der Waals surface area contributed by atoms with E-state index in [1.807, 2.05) is 4.90 Å². The Hall–Kier alpha value is -2.08. The third-order valence-corrected chi connectivity index (χ3v) is 4.29. The highest BCUT2D eigenvalue weighted by molar-refractivity contribution is 5.97. The second kappa shape index (κ2) is 6.36. The highest BCUT2D eigenvalue weighted by Crippen LogP contribution is 2.20. The summed E-state index contributed by atoms with van der Waals surface area (Å²) in [4.78, 5) is 28.2. The molecule has 2 amide bonds. The fraction of sp³-hybridized carbons (Fsp3) is 0.500. The van der Waals surface area contributed by atoms with E-state index < -0.39 is 0 Å². The Bertz CT molecular complexity index is 561. The van der Waals surface area contributed by atoms with Gasteiger partial charge in [0.25, 0.3) is 5.91 Å². The van der Waals surface area contributed by atoms with Crippen LogP contribution in [-0.2, 0) is 9.53 Å². The van der Waals surface area contributed by atoms with Crippen molar-refractivity contribution in [2.75, 3.05) is 39.4 Å². The number of ether oxygens (including phenoxy) is 1. The Morgan fingerprint density at radius 1 is 1.09 bits per heavy atom. The summed E-state index contributed by atoms with van der Waals surface area (Å²) in [5.41, 5.74) is 0.312. The maximum absolute atomic E-state index is 12.4. The van der Waals surface area contributed by atoms with Crippen molar-refractivity contribution in [3.63, 3.8) is 0 Å². The largest absolute Gasteiger partial charge is 0.507 e. The number of hydrogen-bond donors (Lipinski definition) is 1. The Kier molecular flexibility index (Phi) is 4.29. The van der Waals surface area contributed by atoms with Gasteiger partial charge in [-0.2, -0.15) is 0 Å². The number of carbonyl (C=O) groups is 2. The minimum absolute atomic E-state index is 0.00545. The molecule has 0 spiro atoms. The van der Waals surface area contributed by atoms with E-state index >= 15 is 0 Å². The number of nitrogens with zero attached hydrogens (tertiary/aromatic N) is 2. The Morgan fingerprint density at radius 3 is 2.41 bits per heavy atom. The maximum atomic E-state index is 12.4. The van der Waals surface area contributed by atoms with Crippen LogP contribution in [0.2, 0.25) is 0 Å². The molecule has 0 radical (unpaired) electrons. The van der Waals surface area contributed by atoms with Gasteiger partial charge in [0.15, 0.2) is 0 Å². The number of para-hydroxylation sites is 1. The highest BCUT2D eigenvalue weighted by Gasteiger charge is 2.31. The van der Waals surface area contributed by atoms with E-state index in [-0.39, 0.29) is 23.5 Å². The monoisotopic (exact) mass is 304 g/mol. The molecule has 0 aromatic heterocycles. The van der Waals surface area contributed by atoms with Crippen LogP contribution in [0.3, 0.4) is 0 Å². The standard InChI is InChI=1S/C16H20N2O4/c19-14-4-2-1-3-13(14)16(21)18-8-6-17(7-9-18)15(20)12-5-10-22-11-12/h1-4,12,19H,5-11H2. The lowest BCUT2D eigenvalue weighted by atomic mass is 10.1. The zero-order valence-corrected chi connectivity index (χ0v) is 12.4. The predicted molar refractivity (Wildman–Crippen MR) is 79.5 cm³/mol. The van der Waals surface area contributed by atoms with Crippen LogP contribution in [0.1, 0.15) is 16.8 Å². The van der Waals surface area contributed by atoms with Crippen LogP contribution < -0.4 is 0 Å². The lowest BCUT2D eigenvalue weighted by Crippen LogP contribution is -2.52. The first-order valence-electron chi connectivity index (χ1n) is 7.60. The number of carbonyl (C=O) groups excluding carboxylic acids is 2. The number of aromatic hydroxyl groups is 1. The summed E-state index contributed by atoms with van der Waals surface area (Å²) < 4.78 is 5.26. The van der Waals surface area contributed by atoms with Crippen molar-refractivity contribution in [1.82, 2.24) is 9.80 Å². The predicted octanol–water partition coefficient (Wildman–Crippen LogP) is 0.713. The lowest BCUT2D eigenvalue weighted by molar-refractivity contribution is -0.137. The maximum Gasteiger partial charge on any atom is 0.257 e. The van der Waals surface area contributed by atoms with Gasteiger partial charge in [-0.05, 0) is 18.6 Å². The Balaban J connectivity index is 1.58. The van der Waals surface area contributed by atoms with E-state index in [0.29, 0.717) is 45.0 Å². The van der Waals surface area contributed by atoms with Crippen LogP contribution in [0.15, 0.2) is 24.3 Å². The van der Waals surface area contributed by atoms with Crippen molar-refractivity contribution in [2.45, 2.75) is 6.42 Å². The average Bonchev–Trinajstić information content (AvgIpc) is 3.09. The second-order valence-corrected chi connectivity index (χ2v) is 5.70. The minimum atomic E-state index is -0.186. The first-order valence-corrected chi connectivity index (χ1v) is 7.60. The smallest absolute Gasteiger partial charge is 0.257 e. The third-order valence-electron chi connectivity index (χ3n) is 4.29. The van der Waals surface area contributed by atoms with Crippen LogP contribution in [0.25, 0.3) is 0 Å². The highest BCUT2D eigenvalue weighted by atomic mass is 16.5. The number of piperazine rings is 1. The molecule has 1 unspecified atom stereocenters. The fourth-order valence-corrected chi connectivity index (χ4v) is 2.94. The van der Waals surface area contributed by atoms with Gasteiger partial charge in [0, 0.05) is 32.8 Å². The summed E-state index contributed by atoms with van der Waals surface area (Å²) >= 11 is 0. The lowest BCUT2D eigenvalue weighted by Gasteiger charge is -2.35. The van der Waals surface area contributed by atoms with E-state index in [4.69, 9.17) is 4.74 Å². The molecule has 3 rings (SSSR count). The van der Waals surface area contributed by atoms with E-state index in [9.17, 15) is 14.7 Å². The van der Waals surface area contributed by atoms with Crippen molar-refractivity contribution >= 4 is 11.8 Å². The van der Waals surface area contributed by atoms with Crippen molar-refractivity contribution in [3.8, 4) is 5.75 Å². The molecule has 1 aromatic carbocycles. The molecule has 0 saturated carbocycles. The van der Waals surface area contributed by atoms with Crippen molar-refractivity contribution in [2.24, 2.45) is 5.92 Å². The molecule has 6 heteroatoms. The molecule has 0 aliphatic carbocycles. The van der Waals surface area contributed by atoms with Crippen LogP contribution in [-0.4, -0.2) is 66.1 Å². The summed E-state index contributed by atoms with van der Waals surface area (Å²) in [6.45, 7) is 3.22. The van der Waals surface area contributed by atoms with Gasteiger partial charge in [-0.1, -0.05) is 12.1 Å². The van der Waals surface area contributed by atoms with Gasteiger partial charge >= 0.3 is 0 Å². The Labute approximate surface area is 129 Å². The van der Waals surface area contributed by atoms with E-state index in [1.165, 1.54) is 6.07 Å². The number of amides is 2. The molecule has 6 nitrogen and oxygen atoms in total. The van der Waals surface area contributed by atoms with Crippen LogP contribution in [0.5, 0.6) is 5.75 Å². The van der Waals surface area contributed by atoms with Crippen molar-refractivity contribution in [3.05, 3.63) is 29.8 Å². The first-order chi connectivity index (χ1) is 10.7. The van der Waals surface area contributed by atoms with Gasteiger partial charge in [0.05, 0.1) is 18.1 Å². The van der Waals surface area contributed by atoms with Gasteiger partial charge in [-0.15, -0.1) is 0 Å². The molecule has 2 saturated heterocycles. The molecule has 2 aliphatic rings. The van der Waals surface area contributed by atoms with Gasteiger partial charge in [0.1, 0.15) is 5.75 Å². The number of rotatable bonds is 2. The molecular weight excluding hydrogens is 284 g/mol. The normalized spacial score (nSPS) is 21.9. The minimum Gasteiger partial charge on any atom is -0.507 e. The molecule has 1 N–H and O–H groups in total. The van der Waals surface area contributed by atoms with Crippen molar-refractivity contribution < 1.29 is 19.4 Å². The van der Waals surface area contributed by atoms with E-state index in [0.717, 1.165) is 6.42 Å². The van der Waals surface area contributed by atoms with Gasteiger partial charge in [0.2, 0.25) is 5.91 Å². The molecule has 1 atom stereocenters. The number of phenols is 1.